The molecule has 2 aliphatic heterocycles. The van der Waals surface area contributed by atoms with E-state index in [1.165, 1.54) is 36.0 Å². The fourth-order valence-corrected chi connectivity index (χ4v) is 5.97. The molecule has 0 aromatic heterocycles. The Balaban J connectivity index is 1.29. The van der Waals surface area contributed by atoms with E-state index in [1.807, 2.05) is 17.0 Å². The number of piperidine rings is 1. The Morgan fingerprint density at radius 2 is 1.82 bits per heavy atom. The Kier molecular flexibility index (Phi) is 6.12. The molecule has 2 amide bonds. The summed E-state index contributed by atoms with van der Waals surface area (Å²) in [6.45, 7) is 5.89. The number of nitrogens with one attached hydrogen (secondary N) is 1. The average Bonchev–Trinajstić information content (AvgIpc) is 3.15. The molecule has 2 fully saturated rings. The van der Waals surface area contributed by atoms with E-state index in [1.54, 1.807) is 0 Å². The van der Waals surface area contributed by atoms with Gasteiger partial charge >= 0.3 is 6.03 Å². The van der Waals surface area contributed by atoms with Gasteiger partial charge in [0, 0.05) is 30.2 Å². The fourth-order valence-electron chi connectivity index (χ4n) is 5.97. The molecule has 5 nitrogen and oxygen atoms in total. The maximum absolute atomic E-state index is 13.3. The summed E-state index contributed by atoms with van der Waals surface area (Å²) >= 11 is 0. The van der Waals surface area contributed by atoms with Crippen LogP contribution in [0.5, 0.6) is 0 Å². The van der Waals surface area contributed by atoms with Crippen LogP contribution in [0, 0.1) is 18.3 Å². The van der Waals surface area contributed by atoms with E-state index >= 15 is 0 Å². The minimum Gasteiger partial charge on any atom is -0.335 e. The number of benzene rings is 2. The summed E-state index contributed by atoms with van der Waals surface area (Å²) in [6, 6.07) is 17.1. The molecule has 5 rings (SSSR count). The molecule has 172 valence electrons. The molecule has 33 heavy (non-hydrogen) atoms. The van der Waals surface area contributed by atoms with Crippen LogP contribution in [0.4, 0.5) is 10.5 Å². The smallest absolute Gasteiger partial charge is 0.322 e. The van der Waals surface area contributed by atoms with Crippen LogP contribution in [0.2, 0.25) is 0 Å². The summed E-state index contributed by atoms with van der Waals surface area (Å²) in [5.41, 5.74) is 5.74. The molecule has 2 aromatic rings. The lowest BCUT2D eigenvalue weighted by Gasteiger charge is -2.40. The van der Waals surface area contributed by atoms with Crippen LogP contribution in [0.3, 0.4) is 0 Å². The molecule has 5 heteroatoms. The number of fused-ring (bicyclic) bond motifs is 2. The summed E-state index contributed by atoms with van der Waals surface area (Å²) < 4.78 is 0. The standard InChI is InChI=1S/C28H34N4O/c1-21-7-12-26-25(17-21)28(20-32(26)27(33)30-24-5-3-2-4-6-24)13-15-31(16-14-28)19-23-10-8-22(18-29)9-11-23/h7-12,17,24H,2-6,13-16,19-20H2,1H3,(H,30,33). The number of carbonyl (C=O) groups is 1. The van der Waals surface area contributed by atoms with E-state index < -0.39 is 0 Å². The van der Waals surface area contributed by atoms with Crippen LogP contribution in [-0.2, 0) is 12.0 Å². The molecule has 0 unspecified atom stereocenters. The van der Waals surface area contributed by atoms with E-state index in [-0.39, 0.29) is 11.4 Å². The van der Waals surface area contributed by atoms with Crippen molar-refractivity contribution in [1.29, 1.82) is 5.26 Å². The maximum Gasteiger partial charge on any atom is 0.322 e. The van der Waals surface area contributed by atoms with Gasteiger partial charge < -0.3 is 5.32 Å². The van der Waals surface area contributed by atoms with Gasteiger partial charge in [-0.1, -0.05) is 49.1 Å². The van der Waals surface area contributed by atoms with Gasteiger partial charge in [-0.25, -0.2) is 4.79 Å². The number of anilines is 1. The summed E-state index contributed by atoms with van der Waals surface area (Å²) in [7, 11) is 0. The number of aryl methyl sites for hydroxylation is 1. The molecule has 0 radical (unpaired) electrons. The zero-order valence-corrected chi connectivity index (χ0v) is 19.6. The van der Waals surface area contributed by atoms with Crippen LogP contribution in [-0.4, -0.2) is 36.6 Å². The molecule has 0 atom stereocenters. The fraction of sp³-hybridized carbons (Fsp3) is 0.500. The number of carbonyl (C=O) groups excluding carboxylic acids is 1. The molecule has 3 aliphatic rings. The van der Waals surface area contributed by atoms with Gasteiger partial charge in [-0.15, -0.1) is 0 Å². The van der Waals surface area contributed by atoms with Gasteiger partial charge in [0.1, 0.15) is 0 Å². The second-order valence-electron chi connectivity index (χ2n) is 10.3. The third kappa shape index (κ3) is 4.50. The van der Waals surface area contributed by atoms with Gasteiger partial charge in [0.05, 0.1) is 11.6 Å². The van der Waals surface area contributed by atoms with Crippen molar-refractivity contribution in [3.05, 3.63) is 64.7 Å². The van der Waals surface area contributed by atoms with Gasteiger partial charge in [0.25, 0.3) is 0 Å². The largest absolute Gasteiger partial charge is 0.335 e. The molecule has 1 N–H and O–H groups in total. The average molecular weight is 443 g/mol. The zero-order valence-electron chi connectivity index (χ0n) is 19.6. The molecular weight excluding hydrogens is 408 g/mol. The summed E-state index contributed by atoms with van der Waals surface area (Å²) in [5, 5.41) is 12.4. The SMILES string of the molecule is Cc1ccc2c(c1)C1(CCN(Cc3ccc(C#N)cc3)CC1)CN2C(=O)NC1CCCCC1. The van der Waals surface area contributed by atoms with Gasteiger partial charge in [-0.05, 0) is 75.0 Å². The third-order valence-corrected chi connectivity index (χ3v) is 7.96. The van der Waals surface area contributed by atoms with Gasteiger partial charge in [0.2, 0.25) is 0 Å². The highest BCUT2D eigenvalue weighted by Crippen LogP contribution is 2.47. The molecule has 1 saturated carbocycles. The monoisotopic (exact) mass is 442 g/mol. The highest BCUT2D eigenvalue weighted by atomic mass is 16.2. The van der Waals surface area contributed by atoms with E-state index in [4.69, 9.17) is 5.26 Å². The molecule has 0 bridgehead atoms. The summed E-state index contributed by atoms with van der Waals surface area (Å²) in [6.07, 6.45) is 8.07. The summed E-state index contributed by atoms with van der Waals surface area (Å²) in [4.78, 5) is 17.9. The van der Waals surface area contributed by atoms with Crippen LogP contribution in [0.15, 0.2) is 42.5 Å². The Labute approximate surface area is 197 Å². The Morgan fingerprint density at radius 1 is 1.09 bits per heavy atom. The van der Waals surface area contributed by atoms with Gasteiger partial charge in [-0.2, -0.15) is 5.26 Å². The van der Waals surface area contributed by atoms with Crippen molar-refractivity contribution < 1.29 is 4.79 Å². The predicted molar refractivity (Wildman–Crippen MR) is 131 cm³/mol. The lowest BCUT2D eigenvalue weighted by molar-refractivity contribution is 0.159. The lowest BCUT2D eigenvalue weighted by atomic mass is 9.74. The minimum atomic E-state index is 0.0480. The van der Waals surface area contributed by atoms with Gasteiger partial charge in [0.15, 0.2) is 0 Å². The lowest BCUT2D eigenvalue weighted by Crippen LogP contribution is -2.49. The Morgan fingerprint density at radius 3 is 2.52 bits per heavy atom. The first-order valence-corrected chi connectivity index (χ1v) is 12.5. The van der Waals surface area contributed by atoms with Crippen LogP contribution >= 0.6 is 0 Å². The van der Waals surface area contributed by atoms with Crippen LogP contribution in [0.1, 0.15) is 67.2 Å². The van der Waals surface area contributed by atoms with Crippen molar-refractivity contribution in [2.75, 3.05) is 24.5 Å². The number of amides is 2. The van der Waals surface area contributed by atoms with Crippen molar-refractivity contribution >= 4 is 11.7 Å². The second-order valence-corrected chi connectivity index (χ2v) is 10.3. The molecule has 1 aliphatic carbocycles. The Bertz CT molecular complexity index is 1040. The first-order valence-electron chi connectivity index (χ1n) is 12.5. The number of nitrogens with zero attached hydrogens (tertiary/aromatic N) is 3. The zero-order chi connectivity index (χ0) is 22.8. The Hall–Kier alpha value is -2.84. The van der Waals surface area contributed by atoms with Crippen molar-refractivity contribution in [2.45, 2.75) is 69.9 Å². The second kappa shape index (κ2) is 9.19. The van der Waals surface area contributed by atoms with Gasteiger partial charge in [-0.3, -0.25) is 9.80 Å². The van der Waals surface area contributed by atoms with E-state index in [0.717, 1.165) is 57.5 Å². The number of hydrogen-bond donors (Lipinski definition) is 1. The number of hydrogen-bond acceptors (Lipinski definition) is 3. The van der Waals surface area contributed by atoms with Crippen molar-refractivity contribution in [2.24, 2.45) is 0 Å². The van der Waals surface area contributed by atoms with E-state index in [0.29, 0.717) is 11.6 Å². The molecule has 2 aromatic carbocycles. The number of nitriles is 1. The molecule has 2 heterocycles. The van der Waals surface area contributed by atoms with Crippen molar-refractivity contribution in [3.8, 4) is 6.07 Å². The van der Waals surface area contributed by atoms with Crippen molar-refractivity contribution in [3.63, 3.8) is 0 Å². The first-order chi connectivity index (χ1) is 16.1. The minimum absolute atomic E-state index is 0.0480. The molecule has 1 spiro atoms. The number of urea groups is 1. The normalized spacial score (nSPS) is 20.4. The highest BCUT2D eigenvalue weighted by Gasteiger charge is 2.46. The summed E-state index contributed by atoms with van der Waals surface area (Å²) in [5.74, 6) is 0. The van der Waals surface area contributed by atoms with E-state index in [2.05, 4.69) is 53.5 Å². The number of likely N-dealkylation sites (tertiary alicyclic amines) is 1. The highest BCUT2D eigenvalue weighted by molar-refractivity contribution is 5.95. The van der Waals surface area contributed by atoms with Crippen LogP contribution in [0.25, 0.3) is 0 Å². The van der Waals surface area contributed by atoms with Crippen LogP contribution < -0.4 is 10.2 Å². The quantitative estimate of drug-likeness (QED) is 0.705. The predicted octanol–water partition coefficient (Wildman–Crippen LogP) is 5.26. The van der Waals surface area contributed by atoms with E-state index in [9.17, 15) is 4.79 Å². The third-order valence-electron chi connectivity index (χ3n) is 7.96. The first kappa shape index (κ1) is 22.0. The number of rotatable bonds is 3. The molecule has 1 saturated heterocycles. The molecular formula is C28H34N4O. The van der Waals surface area contributed by atoms with Crippen molar-refractivity contribution in [1.82, 2.24) is 10.2 Å². The maximum atomic E-state index is 13.3. The topological polar surface area (TPSA) is 59.4 Å².